The van der Waals surface area contributed by atoms with Crippen LogP contribution in [0.4, 0.5) is 11.5 Å². The van der Waals surface area contributed by atoms with E-state index in [9.17, 15) is 5.11 Å². The van der Waals surface area contributed by atoms with Crippen LogP contribution in [0.5, 0.6) is 5.75 Å². The van der Waals surface area contributed by atoms with Crippen LogP contribution in [0.1, 0.15) is 19.7 Å². The normalized spacial score (nSPS) is 10.7. The quantitative estimate of drug-likeness (QED) is 0.832. The molecule has 2 aromatic rings. The molecule has 5 heteroatoms. The molecular formula is C14H17N3OS. The van der Waals surface area contributed by atoms with Gasteiger partial charge in [0.25, 0.3) is 0 Å². The highest BCUT2D eigenvalue weighted by Gasteiger charge is 2.09. The van der Waals surface area contributed by atoms with Crippen molar-refractivity contribution in [1.82, 2.24) is 9.97 Å². The number of benzene rings is 1. The van der Waals surface area contributed by atoms with Gasteiger partial charge < -0.3 is 10.4 Å². The van der Waals surface area contributed by atoms with E-state index in [0.717, 1.165) is 10.6 Å². The van der Waals surface area contributed by atoms with Crippen LogP contribution in [0.2, 0.25) is 0 Å². The molecule has 0 atom stereocenters. The average molecular weight is 275 g/mol. The molecule has 0 saturated carbocycles. The summed E-state index contributed by atoms with van der Waals surface area (Å²) in [5.74, 6) is 1.11. The van der Waals surface area contributed by atoms with Gasteiger partial charge in [-0.2, -0.15) is 0 Å². The van der Waals surface area contributed by atoms with Crippen molar-refractivity contribution in [2.45, 2.75) is 30.9 Å². The zero-order valence-corrected chi connectivity index (χ0v) is 12.0. The molecule has 1 aromatic carbocycles. The zero-order chi connectivity index (χ0) is 13.8. The molecule has 0 unspecified atom stereocenters. The van der Waals surface area contributed by atoms with Gasteiger partial charge in [0.2, 0.25) is 0 Å². The number of aryl methyl sites for hydroxylation is 1. The molecule has 2 rings (SSSR count). The minimum atomic E-state index is 0.0509. The molecule has 0 bridgehead atoms. The Hall–Kier alpha value is -1.75. The number of para-hydroxylation sites is 1. The largest absolute Gasteiger partial charge is 0.503 e. The Kier molecular flexibility index (Phi) is 4.27. The van der Waals surface area contributed by atoms with Crippen molar-refractivity contribution < 1.29 is 5.11 Å². The molecule has 1 heterocycles. The van der Waals surface area contributed by atoms with Crippen molar-refractivity contribution in [3.05, 3.63) is 36.3 Å². The number of hydrogen-bond acceptors (Lipinski definition) is 5. The summed E-state index contributed by atoms with van der Waals surface area (Å²) < 4.78 is 0. The van der Waals surface area contributed by atoms with E-state index in [0.29, 0.717) is 16.9 Å². The standard InChI is InChI=1S/C14H17N3OS/c1-9(2)19-13-7-5-4-6-11(13)17-14-12(18)8-15-10(3)16-14/h4-9,18H,1-3H3,(H,15,16,17). The molecule has 100 valence electrons. The highest BCUT2D eigenvalue weighted by Crippen LogP contribution is 2.33. The van der Waals surface area contributed by atoms with Crippen LogP contribution < -0.4 is 5.32 Å². The van der Waals surface area contributed by atoms with Crippen LogP contribution in [-0.4, -0.2) is 20.3 Å². The Labute approximate surface area is 117 Å². The highest BCUT2D eigenvalue weighted by molar-refractivity contribution is 8.00. The molecule has 0 aliphatic rings. The molecule has 1 aromatic heterocycles. The summed E-state index contributed by atoms with van der Waals surface area (Å²) in [6.07, 6.45) is 1.41. The summed E-state index contributed by atoms with van der Waals surface area (Å²) in [6, 6.07) is 7.98. The second-order valence-corrected chi connectivity index (χ2v) is 6.06. The lowest BCUT2D eigenvalue weighted by atomic mass is 10.3. The number of nitrogens with one attached hydrogen (secondary N) is 1. The van der Waals surface area contributed by atoms with Gasteiger partial charge >= 0.3 is 0 Å². The van der Waals surface area contributed by atoms with Gasteiger partial charge in [-0.05, 0) is 19.1 Å². The molecule has 0 spiro atoms. The van der Waals surface area contributed by atoms with E-state index in [-0.39, 0.29) is 5.75 Å². The second-order valence-electron chi connectivity index (χ2n) is 4.44. The van der Waals surface area contributed by atoms with Crippen LogP contribution in [0.25, 0.3) is 0 Å². The van der Waals surface area contributed by atoms with Gasteiger partial charge in [-0.1, -0.05) is 26.0 Å². The third-order valence-corrected chi connectivity index (χ3v) is 3.47. The summed E-state index contributed by atoms with van der Waals surface area (Å²) in [5.41, 5.74) is 0.939. The number of aromatic nitrogens is 2. The topological polar surface area (TPSA) is 58.0 Å². The van der Waals surface area contributed by atoms with Crippen molar-refractivity contribution in [3.63, 3.8) is 0 Å². The molecule has 0 saturated heterocycles. The van der Waals surface area contributed by atoms with Crippen LogP contribution in [0.3, 0.4) is 0 Å². The van der Waals surface area contributed by atoms with E-state index < -0.39 is 0 Å². The van der Waals surface area contributed by atoms with E-state index in [1.165, 1.54) is 6.20 Å². The zero-order valence-electron chi connectivity index (χ0n) is 11.2. The molecule has 0 aliphatic heterocycles. The first-order valence-corrected chi connectivity index (χ1v) is 6.99. The third-order valence-electron chi connectivity index (χ3n) is 2.39. The van der Waals surface area contributed by atoms with Crippen molar-refractivity contribution in [3.8, 4) is 5.75 Å². The van der Waals surface area contributed by atoms with Crippen molar-refractivity contribution in [1.29, 1.82) is 0 Å². The first kappa shape index (κ1) is 13.7. The minimum absolute atomic E-state index is 0.0509. The number of aromatic hydroxyl groups is 1. The monoisotopic (exact) mass is 275 g/mol. The molecule has 0 radical (unpaired) electrons. The highest BCUT2D eigenvalue weighted by atomic mass is 32.2. The smallest absolute Gasteiger partial charge is 0.177 e. The van der Waals surface area contributed by atoms with Gasteiger partial charge in [0.1, 0.15) is 5.82 Å². The Morgan fingerprint density at radius 2 is 2.00 bits per heavy atom. The number of nitrogens with zero attached hydrogens (tertiary/aromatic N) is 2. The summed E-state index contributed by atoms with van der Waals surface area (Å²) in [7, 11) is 0. The van der Waals surface area contributed by atoms with Crippen LogP contribution in [-0.2, 0) is 0 Å². The molecule has 19 heavy (non-hydrogen) atoms. The van der Waals surface area contributed by atoms with Crippen molar-refractivity contribution >= 4 is 23.3 Å². The molecule has 2 N–H and O–H groups in total. The molecule has 0 amide bonds. The number of rotatable bonds is 4. The van der Waals surface area contributed by atoms with Gasteiger partial charge in [0.15, 0.2) is 11.6 Å². The van der Waals surface area contributed by atoms with Gasteiger partial charge in [-0.25, -0.2) is 9.97 Å². The van der Waals surface area contributed by atoms with Gasteiger partial charge in [-0.15, -0.1) is 11.8 Å². The van der Waals surface area contributed by atoms with Crippen molar-refractivity contribution in [2.75, 3.05) is 5.32 Å². The maximum atomic E-state index is 9.77. The fourth-order valence-corrected chi connectivity index (χ4v) is 2.52. The predicted octanol–water partition coefficient (Wildman–Crippen LogP) is 3.73. The van der Waals surface area contributed by atoms with Crippen LogP contribution in [0, 0.1) is 6.92 Å². The predicted molar refractivity (Wildman–Crippen MR) is 79.2 cm³/mol. The van der Waals surface area contributed by atoms with E-state index in [2.05, 4.69) is 35.2 Å². The van der Waals surface area contributed by atoms with Crippen LogP contribution in [0.15, 0.2) is 35.4 Å². The lowest BCUT2D eigenvalue weighted by Crippen LogP contribution is -1.99. The first-order valence-electron chi connectivity index (χ1n) is 6.11. The molecule has 4 nitrogen and oxygen atoms in total. The minimum Gasteiger partial charge on any atom is -0.503 e. The Bertz CT molecular complexity index is 572. The number of hydrogen-bond donors (Lipinski definition) is 2. The summed E-state index contributed by atoms with van der Waals surface area (Å²) >= 11 is 1.77. The van der Waals surface area contributed by atoms with E-state index in [1.54, 1.807) is 18.7 Å². The fourth-order valence-electron chi connectivity index (χ4n) is 1.61. The summed E-state index contributed by atoms with van der Waals surface area (Å²) in [4.78, 5) is 9.28. The van der Waals surface area contributed by atoms with Gasteiger partial charge in [0.05, 0.1) is 11.9 Å². The fraction of sp³-hybridized carbons (Fsp3) is 0.286. The maximum Gasteiger partial charge on any atom is 0.177 e. The Morgan fingerprint density at radius 1 is 1.26 bits per heavy atom. The lowest BCUT2D eigenvalue weighted by Gasteiger charge is -2.13. The SMILES string of the molecule is Cc1ncc(O)c(Nc2ccccc2SC(C)C)n1. The number of anilines is 2. The molecule has 0 aliphatic carbocycles. The first-order chi connectivity index (χ1) is 9.06. The van der Waals surface area contributed by atoms with E-state index in [4.69, 9.17) is 0 Å². The second kappa shape index (κ2) is 5.93. The van der Waals surface area contributed by atoms with Crippen LogP contribution >= 0.6 is 11.8 Å². The summed E-state index contributed by atoms with van der Waals surface area (Å²) in [6.45, 7) is 6.08. The Balaban J connectivity index is 2.30. The number of thioether (sulfide) groups is 1. The lowest BCUT2D eigenvalue weighted by molar-refractivity contribution is 0.472. The van der Waals surface area contributed by atoms with E-state index in [1.807, 2.05) is 18.2 Å². The third kappa shape index (κ3) is 3.61. The molecular weight excluding hydrogens is 258 g/mol. The molecule has 0 fully saturated rings. The van der Waals surface area contributed by atoms with E-state index >= 15 is 0 Å². The van der Waals surface area contributed by atoms with Gasteiger partial charge in [0, 0.05) is 10.1 Å². The van der Waals surface area contributed by atoms with Crippen molar-refractivity contribution in [2.24, 2.45) is 0 Å². The summed E-state index contributed by atoms with van der Waals surface area (Å²) in [5, 5.41) is 13.4. The van der Waals surface area contributed by atoms with Gasteiger partial charge in [-0.3, -0.25) is 0 Å². The Morgan fingerprint density at radius 3 is 2.74 bits per heavy atom. The average Bonchev–Trinajstić information content (AvgIpc) is 2.35. The maximum absolute atomic E-state index is 9.77.